The quantitative estimate of drug-likeness (QED) is 0.870. The molecule has 0 spiro atoms. The van der Waals surface area contributed by atoms with Gasteiger partial charge in [0.2, 0.25) is 5.91 Å². The average molecular weight is 339 g/mol. The van der Waals surface area contributed by atoms with Gasteiger partial charge in [-0.2, -0.15) is 0 Å². The van der Waals surface area contributed by atoms with Gasteiger partial charge in [-0.1, -0.05) is 37.3 Å². The predicted octanol–water partition coefficient (Wildman–Crippen LogP) is 3.83. The van der Waals surface area contributed by atoms with Crippen LogP contribution in [0.3, 0.4) is 0 Å². The van der Waals surface area contributed by atoms with E-state index in [-0.39, 0.29) is 11.9 Å². The van der Waals surface area contributed by atoms with Gasteiger partial charge in [0.25, 0.3) is 0 Å². The average Bonchev–Trinajstić information content (AvgIpc) is 2.66. The third kappa shape index (κ3) is 4.53. The Labute approximate surface area is 149 Å². The van der Waals surface area contributed by atoms with Crippen LogP contribution in [0.4, 0.5) is 0 Å². The van der Waals surface area contributed by atoms with Crippen LogP contribution in [0.2, 0.25) is 0 Å². The van der Waals surface area contributed by atoms with Crippen molar-refractivity contribution in [1.82, 2.24) is 5.32 Å². The van der Waals surface area contributed by atoms with Crippen molar-refractivity contribution >= 4 is 5.91 Å². The van der Waals surface area contributed by atoms with E-state index in [0.717, 1.165) is 29.9 Å². The minimum atomic E-state index is -0.0641. The largest absolute Gasteiger partial charge is 0.486 e. The first-order valence-electron chi connectivity index (χ1n) is 8.92. The monoisotopic (exact) mass is 339 g/mol. The second-order valence-electron chi connectivity index (χ2n) is 6.36. The Morgan fingerprint density at radius 1 is 1.04 bits per heavy atom. The van der Waals surface area contributed by atoms with Crippen molar-refractivity contribution in [2.75, 3.05) is 13.2 Å². The first-order chi connectivity index (χ1) is 12.2. The van der Waals surface area contributed by atoms with Gasteiger partial charge in [0.15, 0.2) is 11.5 Å². The third-order valence-corrected chi connectivity index (χ3v) is 4.52. The Balaban J connectivity index is 1.53. The summed E-state index contributed by atoms with van der Waals surface area (Å²) >= 11 is 0. The zero-order valence-electron chi connectivity index (χ0n) is 14.9. The summed E-state index contributed by atoms with van der Waals surface area (Å²) in [6.45, 7) is 5.27. The number of carbonyl (C=O) groups is 1. The zero-order chi connectivity index (χ0) is 17.6. The molecule has 0 saturated carbocycles. The van der Waals surface area contributed by atoms with E-state index in [9.17, 15) is 4.79 Å². The lowest BCUT2D eigenvalue weighted by atomic mass is 10.0. The molecule has 1 heterocycles. The lowest BCUT2D eigenvalue weighted by Gasteiger charge is -2.21. The van der Waals surface area contributed by atoms with E-state index < -0.39 is 0 Å². The molecule has 1 atom stereocenters. The molecule has 1 amide bonds. The summed E-state index contributed by atoms with van der Waals surface area (Å²) in [5.41, 5.74) is 3.53. The second-order valence-corrected chi connectivity index (χ2v) is 6.36. The Hall–Kier alpha value is -2.49. The summed E-state index contributed by atoms with van der Waals surface area (Å²) in [5.74, 6) is 1.58. The van der Waals surface area contributed by atoms with Gasteiger partial charge in [-0.05, 0) is 48.6 Å². The molecule has 1 unspecified atom stereocenters. The maximum atomic E-state index is 12.2. The first kappa shape index (κ1) is 17.3. The molecule has 1 aliphatic rings. The summed E-state index contributed by atoms with van der Waals surface area (Å²) in [4.78, 5) is 12.2. The summed E-state index contributed by atoms with van der Waals surface area (Å²) < 4.78 is 11.1. The van der Waals surface area contributed by atoms with Crippen molar-refractivity contribution in [2.45, 2.75) is 39.2 Å². The van der Waals surface area contributed by atoms with E-state index in [2.05, 4.69) is 36.5 Å². The van der Waals surface area contributed by atoms with Crippen LogP contribution >= 0.6 is 0 Å². The fourth-order valence-electron chi connectivity index (χ4n) is 2.93. The van der Waals surface area contributed by atoms with Gasteiger partial charge in [0.05, 0.1) is 6.04 Å². The molecule has 0 fully saturated rings. The number of amides is 1. The van der Waals surface area contributed by atoms with Crippen LogP contribution in [-0.2, 0) is 17.6 Å². The Kier molecular flexibility index (Phi) is 5.59. The van der Waals surface area contributed by atoms with Gasteiger partial charge in [0, 0.05) is 6.42 Å². The number of ether oxygens (including phenoxy) is 2. The molecular weight excluding hydrogens is 314 g/mol. The number of nitrogens with one attached hydrogen (secondary N) is 1. The highest BCUT2D eigenvalue weighted by Crippen LogP contribution is 2.32. The molecule has 3 rings (SSSR count). The van der Waals surface area contributed by atoms with Crippen LogP contribution in [-0.4, -0.2) is 19.1 Å². The van der Waals surface area contributed by atoms with Crippen molar-refractivity contribution in [3.63, 3.8) is 0 Å². The van der Waals surface area contributed by atoms with Gasteiger partial charge in [0.1, 0.15) is 13.2 Å². The molecular formula is C21H25NO3. The fourth-order valence-corrected chi connectivity index (χ4v) is 2.93. The minimum Gasteiger partial charge on any atom is -0.486 e. The van der Waals surface area contributed by atoms with Crippen LogP contribution in [0.5, 0.6) is 11.5 Å². The summed E-state index contributed by atoms with van der Waals surface area (Å²) in [7, 11) is 0. The molecule has 25 heavy (non-hydrogen) atoms. The van der Waals surface area contributed by atoms with Crippen molar-refractivity contribution < 1.29 is 14.3 Å². The van der Waals surface area contributed by atoms with E-state index in [1.165, 1.54) is 11.1 Å². The molecule has 0 radical (unpaired) electrons. The van der Waals surface area contributed by atoms with Crippen LogP contribution in [0.1, 0.15) is 43.0 Å². The van der Waals surface area contributed by atoms with Crippen molar-refractivity contribution in [1.29, 1.82) is 0 Å². The van der Waals surface area contributed by atoms with Crippen molar-refractivity contribution in [3.05, 3.63) is 59.2 Å². The predicted molar refractivity (Wildman–Crippen MR) is 98.1 cm³/mol. The van der Waals surface area contributed by atoms with Crippen LogP contribution < -0.4 is 14.8 Å². The van der Waals surface area contributed by atoms with Crippen LogP contribution in [0.15, 0.2) is 42.5 Å². The summed E-state index contributed by atoms with van der Waals surface area (Å²) in [6, 6.07) is 14.2. The number of benzene rings is 2. The Bertz CT molecular complexity index is 724. The molecule has 132 valence electrons. The van der Waals surface area contributed by atoms with Crippen LogP contribution in [0.25, 0.3) is 0 Å². The van der Waals surface area contributed by atoms with Crippen molar-refractivity contribution in [3.8, 4) is 11.5 Å². The van der Waals surface area contributed by atoms with E-state index in [1.54, 1.807) is 0 Å². The third-order valence-electron chi connectivity index (χ3n) is 4.52. The molecule has 0 saturated heterocycles. The maximum absolute atomic E-state index is 12.2. The molecule has 1 aliphatic heterocycles. The van der Waals surface area contributed by atoms with E-state index in [0.29, 0.717) is 19.6 Å². The number of carbonyl (C=O) groups excluding carboxylic acids is 1. The lowest BCUT2D eigenvalue weighted by molar-refractivity contribution is -0.121. The van der Waals surface area contributed by atoms with Crippen LogP contribution in [0, 0.1) is 0 Å². The number of hydrogen-bond donors (Lipinski definition) is 1. The van der Waals surface area contributed by atoms with E-state index in [1.807, 2.05) is 25.1 Å². The Morgan fingerprint density at radius 3 is 2.44 bits per heavy atom. The summed E-state index contributed by atoms with van der Waals surface area (Å²) in [5, 5.41) is 3.06. The van der Waals surface area contributed by atoms with E-state index >= 15 is 0 Å². The Morgan fingerprint density at radius 2 is 1.72 bits per heavy atom. The molecule has 2 aromatic carbocycles. The molecule has 0 bridgehead atoms. The highest BCUT2D eigenvalue weighted by atomic mass is 16.6. The number of fused-ring (bicyclic) bond motifs is 1. The molecule has 4 heteroatoms. The number of rotatable bonds is 6. The smallest absolute Gasteiger partial charge is 0.220 e. The normalized spacial score (nSPS) is 14.0. The van der Waals surface area contributed by atoms with Gasteiger partial charge >= 0.3 is 0 Å². The maximum Gasteiger partial charge on any atom is 0.220 e. The molecule has 4 nitrogen and oxygen atoms in total. The highest BCUT2D eigenvalue weighted by Gasteiger charge is 2.15. The molecule has 0 aromatic heterocycles. The highest BCUT2D eigenvalue weighted by molar-refractivity contribution is 5.76. The van der Waals surface area contributed by atoms with E-state index in [4.69, 9.17) is 9.47 Å². The lowest BCUT2D eigenvalue weighted by Crippen LogP contribution is -2.27. The van der Waals surface area contributed by atoms with Gasteiger partial charge in [-0.15, -0.1) is 0 Å². The minimum absolute atomic E-state index is 0.0574. The van der Waals surface area contributed by atoms with Gasteiger partial charge in [-0.3, -0.25) is 4.79 Å². The topological polar surface area (TPSA) is 47.6 Å². The standard InChI is InChI=1S/C21H25NO3/c1-3-16-4-6-17(7-5-16)8-11-21(23)22-15(2)18-9-10-19-20(14-18)25-13-12-24-19/h4-7,9-10,14-15H,3,8,11-13H2,1-2H3,(H,22,23). The molecule has 0 aliphatic carbocycles. The molecule has 1 N–H and O–H groups in total. The zero-order valence-corrected chi connectivity index (χ0v) is 14.9. The molecule has 2 aromatic rings. The second kappa shape index (κ2) is 8.06. The van der Waals surface area contributed by atoms with Crippen molar-refractivity contribution in [2.24, 2.45) is 0 Å². The SMILES string of the molecule is CCc1ccc(CCC(=O)NC(C)c2ccc3c(c2)OCCO3)cc1. The number of hydrogen-bond acceptors (Lipinski definition) is 3. The fraction of sp³-hybridized carbons (Fsp3) is 0.381. The first-order valence-corrected chi connectivity index (χ1v) is 8.92. The van der Waals surface area contributed by atoms with Gasteiger partial charge in [-0.25, -0.2) is 0 Å². The number of aryl methyl sites for hydroxylation is 2. The van der Waals surface area contributed by atoms with Gasteiger partial charge < -0.3 is 14.8 Å². The summed E-state index contributed by atoms with van der Waals surface area (Å²) in [6.07, 6.45) is 2.28.